The fraction of sp³-hybridized carbons (Fsp3) is 0.857. The third-order valence-corrected chi connectivity index (χ3v) is 5.91. The average Bonchev–Trinajstić information content (AvgIpc) is 2.71. The van der Waals surface area contributed by atoms with Crippen molar-refractivity contribution in [1.82, 2.24) is 0 Å². The molecule has 0 aromatic carbocycles. The quantitative estimate of drug-likeness (QED) is 0.113. The van der Waals surface area contributed by atoms with Gasteiger partial charge in [-0.3, -0.25) is 0 Å². The van der Waals surface area contributed by atoms with Gasteiger partial charge >= 0.3 is 0 Å². The van der Waals surface area contributed by atoms with Crippen LogP contribution in [0.2, 0.25) is 0 Å². The Balaban J connectivity index is 3.03. The second-order valence-corrected chi connectivity index (χ2v) is 8.83. The van der Waals surface area contributed by atoms with Crippen molar-refractivity contribution in [1.29, 1.82) is 0 Å². The second-order valence-electron chi connectivity index (χ2n) is 8.83. The first-order valence-corrected chi connectivity index (χ1v) is 13.1. The van der Waals surface area contributed by atoms with Crippen LogP contribution in [0.1, 0.15) is 154 Å². The largest absolute Gasteiger partial charge is 0.0885 e. The van der Waals surface area contributed by atoms with Gasteiger partial charge in [0.1, 0.15) is 0 Å². The molecule has 0 heteroatoms. The summed E-state index contributed by atoms with van der Waals surface area (Å²) < 4.78 is 0. The van der Waals surface area contributed by atoms with Crippen LogP contribution in [0, 0.1) is 13.8 Å². The molecule has 0 aliphatic carbocycles. The molecule has 0 saturated carbocycles. The van der Waals surface area contributed by atoms with Gasteiger partial charge in [0.05, 0.1) is 0 Å². The smallest absolute Gasteiger partial charge is 0.0351 e. The molecule has 0 saturated heterocycles. The van der Waals surface area contributed by atoms with E-state index in [-0.39, 0.29) is 0 Å². The first kappa shape index (κ1) is 27.7. The van der Waals surface area contributed by atoms with Crippen LogP contribution in [0.3, 0.4) is 0 Å². The van der Waals surface area contributed by atoms with Gasteiger partial charge in [0, 0.05) is 0 Å². The van der Waals surface area contributed by atoms with E-state index in [2.05, 4.69) is 26.0 Å². The summed E-state index contributed by atoms with van der Waals surface area (Å²) in [5.74, 6) is 0. The minimum Gasteiger partial charge on any atom is -0.0885 e. The number of rotatable bonds is 24. The lowest BCUT2D eigenvalue weighted by molar-refractivity contribution is 0.528. The summed E-state index contributed by atoms with van der Waals surface area (Å²) in [7, 11) is 0. The van der Waals surface area contributed by atoms with Gasteiger partial charge in [0.25, 0.3) is 0 Å². The Morgan fingerprint density at radius 3 is 0.750 bits per heavy atom. The highest BCUT2D eigenvalue weighted by Gasteiger charge is 1.94. The number of allylic oxidation sites excluding steroid dienone is 2. The molecule has 2 radical (unpaired) electrons. The van der Waals surface area contributed by atoms with E-state index in [0.29, 0.717) is 0 Å². The third-order valence-electron chi connectivity index (χ3n) is 5.91. The molecule has 166 valence electrons. The standard InChI is InChI=1S/C28H54/c1-3-5-7-9-11-13-15-17-19-21-23-25-27-28-26-24-22-20-18-16-14-12-10-8-6-4-2/h15,17H,1-14,16,18-28H2. The molecule has 0 fully saturated rings. The predicted octanol–water partition coefficient (Wildman–Crippen LogP) is 10.6. The normalized spacial score (nSPS) is 11.6. The molecule has 0 unspecified atom stereocenters. The van der Waals surface area contributed by atoms with E-state index in [4.69, 9.17) is 0 Å². The highest BCUT2D eigenvalue weighted by Crippen LogP contribution is 2.14. The first-order chi connectivity index (χ1) is 13.9. The minimum atomic E-state index is 1.10. The van der Waals surface area contributed by atoms with Crippen LogP contribution in [0.15, 0.2) is 12.2 Å². The Morgan fingerprint density at radius 1 is 0.286 bits per heavy atom. The summed E-state index contributed by atoms with van der Waals surface area (Å²) >= 11 is 0. The van der Waals surface area contributed by atoms with Gasteiger partial charge in [-0.25, -0.2) is 0 Å². The van der Waals surface area contributed by atoms with Crippen molar-refractivity contribution in [3.63, 3.8) is 0 Å². The fourth-order valence-electron chi connectivity index (χ4n) is 3.94. The Labute approximate surface area is 180 Å². The van der Waals surface area contributed by atoms with Crippen molar-refractivity contribution in [3.05, 3.63) is 26.0 Å². The Hall–Kier alpha value is -0.260. The fourth-order valence-corrected chi connectivity index (χ4v) is 3.94. The molecular weight excluding hydrogens is 336 g/mol. The lowest BCUT2D eigenvalue weighted by atomic mass is 10.0. The molecule has 0 heterocycles. The first-order valence-electron chi connectivity index (χ1n) is 13.1. The van der Waals surface area contributed by atoms with Gasteiger partial charge in [-0.05, 0) is 25.7 Å². The van der Waals surface area contributed by atoms with Crippen molar-refractivity contribution in [2.45, 2.75) is 154 Å². The highest BCUT2D eigenvalue weighted by atomic mass is 14.0. The van der Waals surface area contributed by atoms with Gasteiger partial charge in [-0.15, -0.1) is 0 Å². The number of hydrogen-bond donors (Lipinski definition) is 0. The van der Waals surface area contributed by atoms with Gasteiger partial charge < -0.3 is 0 Å². The lowest BCUT2D eigenvalue weighted by Crippen LogP contribution is -1.83. The van der Waals surface area contributed by atoms with Crippen molar-refractivity contribution < 1.29 is 0 Å². The number of hydrogen-bond acceptors (Lipinski definition) is 0. The second kappa shape index (κ2) is 26.7. The maximum absolute atomic E-state index is 3.91. The summed E-state index contributed by atoms with van der Waals surface area (Å²) in [6.45, 7) is 7.81. The van der Waals surface area contributed by atoms with Crippen LogP contribution in [0.4, 0.5) is 0 Å². The van der Waals surface area contributed by atoms with Crippen LogP contribution >= 0.6 is 0 Å². The SMILES string of the molecule is [CH2]CCCCCCC=CCCCCCCCCCCCCCCCCCC[CH2]. The van der Waals surface area contributed by atoms with E-state index in [0.717, 1.165) is 12.8 Å². The molecule has 0 aromatic heterocycles. The van der Waals surface area contributed by atoms with E-state index in [1.54, 1.807) is 0 Å². The lowest BCUT2D eigenvalue weighted by Gasteiger charge is -2.03. The number of unbranched alkanes of at least 4 members (excludes halogenated alkanes) is 22. The monoisotopic (exact) mass is 390 g/mol. The highest BCUT2D eigenvalue weighted by molar-refractivity contribution is 4.81. The summed E-state index contributed by atoms with van der Waals surface area (Å²) in [5, 5.41) is 0. The van der Waals surface area contributed by atoms with Crippen LogP contribution in [-0.2, 0) is 0 Å². The molecule has 0 aromatic rings. The predicted molar refractivity (Wildman–Crippen MR) is 131 cm³/mol. The Morgan fingerprint density at radius 2 is 0.500 bits per heavy atom. The topological polar surface area (TPSA) is 0 Å². The zero-order valence-corrected chi connectivity index (χ0v) is 19.5. The molecule has 0 rings (SSSR count). The average molecular weight is 391 g/mol. The maximum Gasteiger partial charge on any atom is -0.0351 e. The van der Waals surface area contributed by atoms with Crippen molar-refractivity contribution in [3.8, 4) is 0 Å². The molecule has 0 aliphatic rings. The molecule has 0 N–H and O–H groups in total. The summed E-state index contributed by atoms with van der Waals surface area (Å²) in [5.41, 5.74) is 0. The van der Waals surface area contributed by atoms with E-state index >= 15 is 0 Å². The van der Waals surface area contributed by atoms with Gasteiger partial charge in [-0.1, -0.05) is 154 Å². The van der Waals surface area contributed by atoms with Crippen molar-refractivity contribution in [2.24, 2.45) is 0 Å². The third kappa shape index (κ3) is 25.7. The molecule has 0 bridgehead atoms. The molecule has 0 spiro atoms. The van der Waals surface area contributed by atoms with Crippen LogP contribution in [0.5, 0.6) is 0 Å². The van der Waals surface area contributed by atoms with Crippen molar-refractivity contribution >= 4 is 0 Å². The Kier molecular flexibility index (Phi) is 26.5. The van der Waals surface area contributed by atoms with Gasteiger partial charge in [0.2, 0.25) is 0 Å². The molecule has 0 nitrogen and oxygen atoms in total. The molecule has 0 aliphatic heterocycles. The van der Waals surface area contributed by atoms with Gasteiger partial charge in [-0.2, -0.15) is 0 Å². The maximum atomic E-state index is 3.91. The van der Waals surface area contributed by atoms with E-state index in [1.807, 2.05) is 0 Å². The minimum absolute atomic E-state index is 1.10. The van der Waals surface area contributed by atoms with E-state index < -0.39 is 0 Å². The Bertz CT molecular complexity index is 278. The van der Waals surface area contributed by atoms with Gasteiger partial charge in [0.15, 0.2) is 0 Å². The molecule has 0 amide bonds. The van der Waals surface area contributed by atoms with Crippen molar-refractivity contribution in [2.75, 3.05) is 0 Å². The zero-order valence-electron chi connectivity index (χ0n) is 19.5. The van der Waals surface area contributed by atoms with Crippen LogP contribution in [0.25, 0.3) is 0 Å². The van der Waals surface area contributed by atoms with E-state index in [9.17, 15) is 0 Å². The summed E-state index contributed by atoms with van der Waals surface area (Å²) in [6, 6.07) is 0. The molecule has 28 heavy (non-hydrogen) atoms. The molecule has 0 atom stereocenters. The van der Waals surface area contributed by atoms with E-state index in [1.165, 1.54) is 141 Å². The molecular formula is C28H54. The summed E-state index contributed by atoms with van der Waals surface area (Å²) in [4.78, 5) is 0. The van der Waals surface area contributed by atoms with Crippen LogP contribution < -0.4 is 0 Å². The zero-order chi connectivity index (χ0) is 20.4. The summed E-state index contributed by atoms with van der Waals surface area (Å²) in [6.07, 6.45) is 38.2. The van der Waals surface area contributed by atoms with Crippen LogP contribution in [-0.4, -0.2) is 0 Å².